The molecular formula is C19H24N2O3S. The predicted molar refractivity (Wildman–Crippen MR) is 100 cm³/mol. The number of benzene rings is 2. The van der Waals surface area contributed by atoms with E-state index in [1.54, 1.807) is 12.1 Å². The molecule has 0 fully saturated rings. The molecule has 0 unspecified atom stereocenters. The lowest BCUT2D eigenvalue weighted by Gasteiger charge is -2.20. The summed E-state index contributed by atoms with van der Waals surface area (Å²) < 4.78 is 27.6. The van der Waals surface area contributed by atoms with Gasteiger partial charge in [0.25, 0.3) is 15.9 Å². The number of rotatable bonds is 4. The second-order valence-electron chi connectivity index (χ2n) is 7.13. The van der Waals surface area contributed by atoms with Crippen molar-refractivity contribution in [1.29, 1.82) is 0 Å². The van der Waals surface area contributed by atoms with Crippen LogP contribution in [0.4, 0.5) is 5.69 Å². The first-order chi connectivity index (χ1) is 11.5. The first-order valence-corrected chi connectivity index (χ1v) is 9.49. The van der Waals surface area contributed by atoms with Gasteiger partial charge in [0.15, 0.2) is 0 Å². The molecule has 1 amide bonds. The van der Waals surface area contributed by atoms with Crippen LogP contribution in [0.15, 0.2) is 47.4 Å². The zero-order valence-corrected chi connectivity index (χ0v) is 16.0. The lowest BCUT2D eigenvalue weighted by atomic mass is 10.1. The fourth-order valence-corrected chi connectivity index (χ4v) is 3.27. The molecule has 0 saturated heterocycles. The Hall–Kier alpha value is -2.34. The highest BCUT2D eigenvalue weighted by Gasteiger charge is 2.18. The number of hydrogen-bond acceptors (Lipinski definition) is 3. The van der Waals surface area contributed by atoms with Gasteiger partial charge in [-0.2, -0.15) is 0 Å². The van der Waals surface area contributed by atoms with Crippen molar-refractivity contribution in [2.24, 2.45) is 0 Å². The van der Waals surface area contributed by atoms with E-state index < -0.39 is 10.0 Å². The molecule has 0 atom stereocenters. The number of amides is 1. The number of nitrogens with one attached hydrogen (secondary N) is 2. The van der Waals surface area contributed by atoms with E-state index in [0.717, 1.165) is 11.1 Å². The molecule has 0 aliphatic heterocycles. The van der Waals surface area contributed by atoms with E-state index in [4.69, 9.17) is 0 Å². The quantitative estimate of drug-likeness (QED) is 0.874. The summed E-state index contributed by atoms with van der Waals surface area (Å²) in [6, 6.07) is 11.3. The highest BCUT2D eigenvalue weighted by atomic mass is 32.2. The third kappa shape index (κ3) is 5.06. The molecule has 2 aromatic carbocycles. The molecule has 2 rings (SSSR count). The molecule has 0 radical (unpaired) electrons. The van der Waals surface area contributed by atoms with Gasteiger partial charge in [0.2, 0.25) is 0 Å². The van der Waals surface area contributed by atoms with Crippen LogP contribution in [0.25, 0.3) is 0 Å². The minimum absolute atomic E-state index is 0.109. The number of hydrogen-bond donors (Lipinski definition) is 2. The number of carbonyl (C=O) groups is 1. The summed E-state index contributed by atoms with van der Waals surface area (Å²) in [5.41, 5.74) is 2.68. The number of carbonyl (C=O) groups excluding carboxylic acids is 1. The van der Waals surface area contributed by atoms with Crippen LogP contribution in [0, 0.1) is 13.8 Å². The Bertz CT molecular complexity index is 880. The normalized spacial score (nSPS) is 11.9. The summed E-state index contributed by atoms with van der Waals surface area (Å²) in [6.45, 7) is 9.55. The van der Waals surface area contributed by atoms with Crippen LogP contribution >= 0.6 is 0 Å². The predicted octanol–water partition coefficient (Wildman–Crippen LogP) is 3.63. The van der Waals surface area contributed by atoms with E-state index in [1.165, 1.54) is 24.3 Å². The molecule has 0 spiro atoms. The summed E-state index contributed by atoms with van der Waals surface area (Å²) >= 11 is 0. The zero-order chi connectivity index (χ0) is 18.8. The van der Waals surface area contributed by atoms with Gasteiger partial charge in [-0.15, -0.1) is 0 Å². The van der Waals surface area contributed by atoms with Crippen molar-refractivity contribution in [3.05, 3.63) is 59.2 Å². The van der Waals surface area contributed by atoms with Gasteiger partial charge in [-0.1, -0.05) is 6.07 Å². The van der Waals surface area contributed by atoms with Gasteiger partial charge >= 0.3 is 0 Å². The van der Waals surface area contributed by atoms with Gasteiger partial charge in [0, 0.05) is 16.8 Å². The van der Waals surface area contributed by atoms with Crippen molar-refractivity contribution in [3.63, 3.8) is 0 Å². The van der Waals surface area contributed by atoms with E-state index in [2.05, 4.69) is 10.0 Å². The molecule has 2 N–H and O–H groups in total. The maximum atomic E-state index is 12.5. The average Bonchev–Trinajstić information content (AvgIpc) is 2.49. The van der Waals surface area contributed by atoms with Crippen molar-refractivity contribution >= 4 is 21.6 Å². The first kappa shape index (κ1) is 19.0. The number of anilines is 1. The molecule has 25 heavy (non-hydrogen) atoms. The highest BCUT2D eigenvalue weighted by molar-refractivity contribution is 7.92. The van der Waals surface area contributed by atoms with Crippen molar-refractivity contribution in [2.75, 3.05) is 4.72 Å². The molecule has 0 heterocycles. The largest absolute Gasteiger partial charge is 0.347 e. The summed E-state index contributed by atoms with van der Waals surface area (Å²) in [4.78, 5) is 12.2. The van der Waals surface area contributed by atoms with Crippen molar-refractivity contribution < 1.29 is 13.2 Å². The van der Waals surface area contributed by atoms with Gasteiger partial charge in [0.1, 0.15) is 0 Å². The smallest absolute Gasteiger partial charge is 0.261 e. The van der Waals surface area contributed by atoms with Gasteiger partial charge in [0.05, 0.1) is 4.90 Å². The third-order valence-electron chi connectivity index (χ3n) is 3.67. The van der Waals surface area contributed by atoms with E-state index in [0.29, 0.717) is 11.3 Å². The molecule has 5 nitrogen and oxygen atoms in total. The Morgan fingerprint density at radius 1 is 0.920 bits per heavy atom. The maximum Gasteiger partial charge on any atom is 0.261 e. The maximum absolute atomic E-state index is 12.5. The Morgan fingerprint density at radius 2 is 1.52 bits per heavy atom. The molecular weight excluding hydrogens is 336 g/mol. The minimum Gasteiger partial charge on any atom is -0.347 e. The molecule has 0 aliphatic rings. The first-order valence-electron chi connectivity index (χ1n) is 8.01. The third-order valence-corrected chi connectivity index (χ3v) is 5.07. The summed E-state index contributed by atoms with van der Waals surface area (Å²) in [6.07, 6.45) is 0. The highest BCUT2D eigenvalue weighted by Crippen LogP contribution is 2.19. The monoisotopic (exact) mass is 360 g/mol. The van der Waals surface area contributed by atoms with E-state index in [-0.39, 0.29) is 16.3 Å². The second-order valence-corrected chi connectivity index (χ2v) is 8.82. The van der Waals surface area contributed by atoms with E-state index >= 15 is 0 Å². The van der Waals surface area contributed by atoms with Crippen molar-refractivity contribution in [3.8, 4) is 0 Å². The van der Waals surface area contributed by atoms with Crippen molar-refractivity contribution in [1.82, 2.24) is 5.32 Å². The Kier molecular flexibility index (Phi) is 5.23. The van der Waals surface area contributed by atoms with Crippen LogP contribution in [0.2, 0.25) is 0 Å². The van der Waals surface area contributed by atoms with Crippen LogP contribution in [-0.2, 0) is 10.0 Å². The number of sulfonamides is 1. The Labute approximate surface area is 149 Å². The lowest BCUT2D eigenvalue weighted by molar-refractivity contribution is 0.0919. The Balaban J connectivity index is 2.20. The van der Waals surface area contributed by atoms with Gasteiger partial charge in [-0.05, 0) is 82.1 Å². The van der Waals surface area contributed by atoms with Crippen LogP contribution in [0.1, 0.15) is 42.3 Å². The van der Waals surface area contributed by atoms with E-state index in [9.17, 15) is 13.2 Å². The van der Waals surface area contributed by atoms with Crippen LogP contribution < -0.4 is 10.0 Å². The summed E-state index contributed by atoms with van der Waals surface area (Å²) in [7, 11) is -3.70. The topological polar surface area (TPSA) is 75.3 Å². The van der Waals surface area contributed by atoms with Crippen LogP contribution in [0.3, 0.4) is 0 Å². The summed E-state index contributed by atoms with van der Waals surface area (Å²) in [5, 5.41) is 2.84. The fraction of sp³-hybridized carbons (Fsp3) is 0.316. The molecule has 134 valence electrons. The minimum atomic E-state index is -3.70. The van der Waals surface area contributed by atoms with Crippen molar-refractivity contribution in [2.45, 2.75) is 45.1 Å². The molecule has 0 aliphatic carbocycles. The molecule has 6 heteroatoms. The van der Waals surface area contributed by atoms with Gasteiger partial charge in [-0.3, -0.25) is 9.52 Å². The average molecular weight is 360 g/mol. The van der Waals surface area contributed by atoms with Crippen LogP contribution in [-0.4, -0.2) is 19.9 Å². The SMILES string of the molecule is Cc1ccc(NS(=O)(=O)c2ccc(C(=O)NC(C)(C)C)cc2)cc1C. The van der Waals surface area contributed by atoms with Crippen LogP contribution in [0.5, 0.6) is 0 Å². The molecule has 2 aromatic rings. The lowest BCUT2D eigenvalue weighted by Crippen LogP contribution is -2.40. The molecule has 0 aromatic heterocycles. The fourth-order valence-electron chi connectivity index (χ4n) is 2.22. The zero-order valence-electron chi connectivity index (χ0n) is 15.2. The summed E-state index contributed by atoms with van der Waals surface area (Å²) in [5.74, 6) is -0.237. The standard InChI is InChI=1S/C19H24N2O3S/c1-13-6-9-16(12-14(13)2)21-25(23,24)17-10-7-15(8-11-17)18(22)20-19(3,4)5/h6-12,21H,1-5H3,(H,20,22). The van der Waals surface area contributed by atoms with Gasteiger partial charge < -0.3 is 5.32 Å². The Morgan fingerprint density at radius 3 is 2.04 bits per heavy atom. The molecule has 0 bridgehead atoms. The number of aryl methyl sites for hydroxylation is 2. The molecule has 0 saturated carbocycles. The van der Waals surface area contributed by atoms with E-state index in [1.807, 2.05) is 40.7 Å². The van der Waals surface area contributed by atoms with Gasteiger partial charge in [-0.25, -0.2) is 8.42 Å². The second kappa shape index (κ2) is 6.88.